The summed E-state index contributed by atoms with van der Waals surface area (Å²) in [6, 6.07) is 11.5. The monoisotopic (exact) mass is 348 g/mol. The second-order valence-corrected chi connectivity index (χ2v) is 5.23. The number of aryl methyl sites for hydroxylation is 1. The average Bonchev–Trinajstić information content (AvgIpc) is 2.49. The molecule has 0 aliphatic rings. The van der Waals surface area contributed by atoms with Crippen LogP contribution in [0, 0.1) is 6.92 Å². The van der Waals surface area contributed by atoms with E-state index < -0.39 is 11.9 Å². The number of ether oxygens (including phenoxy) is 2. The average molecular weight is 349 g/mol. The molecule has 0 N–H and O–H groups in total. The normalized spacial score (nSPS) is 10.0. The molecule has 0 fully saturated rings. The molecular weight excluding hydrogens is 336 g/mol. The molecule has 5 heteroatoms. The van der Waals surface area contributed by atoms with Crippen LogP contribution in [0.4, 0.5) is 0 Å². The Balaban J connectivity index is 2.19. The Bertz CT molecular complexity index is 694. The van der Waals surface area contributed by atoms with Crippen molar-refractivity contribution in [2.45, 2.75) is 6.92 Å². The van der Waals surface area contributed by atoms with Crippen molar-refractivity contribution in [3.05, 3.63) is 63.6 Å². The van der Waals surface area contributed by atoms with Gasteiger partial charge in [0.05, 0.1) is 18.2 Å². The van der Waals surface area contributed by atoms with Crippen molar-refractivity contribution < 1.29 is 19.1 Å². The molecule has 0 spiro atoms. The molecule has 0 saturated carbocycles. The first-order chi connectivity index (χ1) is 10.0. The highest BCUT2D eigenvalue weighted by atomic mass is 79.9. The van der Waals surface area contributed by atoms with E-state index in [1.807, 2.05) is 13.0 Å². The number of carbonyl (C=O) groups is 2. The molecule has 0 saturated heterocycles. The van der Waals surface area contributed by atoms with Crippen LogP contribution in [0.15, 0.2) is 46.9 Å². The predicted molar refractivity (Wildman–Crippen MR) is 81.6 cm³/mol. The molecule has 2 aromatic rings. The second kappa shape index (κ2) is 6.54. The van der Waals surface area contributed by atoms with Gasteiger partial charge in [0.1, 0.15) is 5.75 Å². The van der Waals surface area contributed by atoms with Crippen molar-refractivity contribution >= 4 is 27.9 Å². The standard InChI is InChI=1S/C16H13BrO4/c1-10-6-7-12(9-14(10)17)16(19)21-13-5-3-4-11(8-13)15(18)20-2/h3-9H,1-2H3. The van der Waals surface area contributed by atoms with Gasteiger partial charge < -0.3 is 9.47 Å². The van der Waals surface area contributed by atoms with Crippen LogP contribution in [-0.4, -0.2) is 19.0 Å². The number of hydrogen-bond donors (Lipinski definition) is 0. The van der Waals surface area contributed by atoms with Gasteiger partial charge in [0, 0.05) is 4.47 Å². The number of hydrogen-bond acceptors (Lipinski definition) is 4. The maximum Gasteiger partial charge on any atom is 0.343 e. The SMILES string of the molecule is COC(=O)c1cccc(OC(=O)c2ccc(C)c(Br)c2)c1. The number of halogens is 1. The summed E-state index contributed by atoms with van der Waals surface area (Å²) in [5, 5.41) is 0. The molecule has 0 radical (unpaired) electrons. The summed E-state index contributed by atoms with van der Waals surface area (Å²) >= 11 is 3.37. The molecule has 0 bridgehead atoms. The van der Waals surface area contributed by atoms with Gasteiger partial charge in [-0.2, -0.15) is 0 Å². The van der Waals surface area contributed by atoms with Crippen molar-refractivity contribution in [2.24, 2.45) is 0 Å². The van der Waals surface area contributed by atoms with E-state index in [-0.39, 0.29) is 0 Å². The number of rotatable bonds is 3. The summed E-state index contributed by atoms with van der Waals surface area (Å²) in [5.74, 6) is -0.678. The topological polar surface area (TPSA) is 52.6 Å². The maximum atomic E-state index is 12.1. The zero-order valence-electron chi connectivity index (χ0n) is 11.6. The lowest BCUT2D eigenvalue weighted by Gasteiger charge is -2.07. The van der Waals surface area contributed by atoms with Crippen molar-refractivity contribution in [1.29, 1.82) is 0 Å². The molecule has 0 amide bonds. The van der Waals surface area contributed by atoms with Gasteiger partial charge in [0.2, 0.25) is 0 Å². The summed E-state index contributed by atoms with van der Waals surface area (Å²) in [5.41, 5.74) is 1.78. The lowest BCUT2D eigenvalue weighted by atomic mass is 10.1. The summed E-state index contributed by atoms with van der Waals surface area (Å²) in [7, 11) is 1.30. The molecule has 108 valence electrons. The highest BCUT2D eigenvalue weighted by molar-refractivity contribution is 9.10. The van der Waals surface area contributed by atoms with Crippen molar-refractivity contribution in [1.82, 2.24) is 0 Å². The predicted octanol–water partition coefficient (Wildman–Crippen LogP) is 3.76. The Hall–Kier alpha value is -2.14. The molecule has 0 aliphatic heterocycles. The zero-order valence-corrected chi connectivity index (χ0v) is 13.1. The lowest BCUT2D eigenvalue weighted by molar-refractivity contribution is 0.0597. The molecular formula is C16H13BrO4. The van der Waals surface area contributed by atoms with E-state index in [1.165, 1.54) is 13.2 Å². The lowest BCUT2D eigenvalue weighted by Crippen LogP contribution is -2.09. The van der Waals surface area contributed by atoms with Gasteiger partial charge in [0.15, 0.2) is 0 Å². The summed E-state index contributed by atoms with van der Waals surface area (Å²) in [6.07, 6.45) is 0. The van der Waals surface area contributed by atoms with Crippen molar-refractivity contribution in [2.75, 3.05) is 7.11 Å². The third kappa shape index (κ3) is 3.70. The quantitative estimate of drug-likeness (QED) is 0.625. The molecule has 0 unspecified atom stereocenters. The first-order valence-electron chi connectivity index (χ1n) is 6.18. The highest BCUT2D eigenvalue weighted by Crippen LogP contribution is 2.20. The van der Waals surface area contributed by atoms with Crippen LogP contribution in [-0.2, 0) is 4.74 Å². The van der Waals surface area contributed by atoms with Crippen LogP contribution in [0.5, 0.6) is 5.75 Å². The van der Waals surface area contributed by atoms with E-state index in [1.54, 1.807) is 30.3 Å². The van der Waals surface area contributed by atoms with Crippen LogP contribution in [0.2, 0.25) is 0 Å². The van der Waals surface area contributed by atoms with Crippen molar-refractivity contribution in [3.63, 3.8) is 0 Å². The molecule has 0 heterocycles. The van der Waals surface area contributed by atoms with Gasteiger partial charge in [0.25, 0.3) is 0 Å². The third-order valence-corrected chi connectivity index (χ3v) is 3.73. The Morgan fingerprint density at radius 2 is 1.71 bits per heavy atom. The van der Waals surface area contributed by atoms with Crippen LogP contribution in [0.1, 0.15) is 26.3 Å². The van der Waals surface area contributed by atoms with Crippen LogP contribution >= 0.6 is 15.9 Å². The summed E-state index contributed by atoms with van der Waals surface area (Å²) in [6.45, 7) is 1.93. The number of benzene rings is 2. The minimum Gasteiger partial charge on any atom is -0.465 e. The van der Waals surface area contributed by atoms with Crippen LogP contribution < -0.4 is 4.74 Å². The molecule has 4 nitrogen and oxygen atoms in total. The second-order valence-electron chi connectivity index (χ2n) is 4.37. The van der Waals surface area contributed by atoms with Crippen LogP contribution in [0.3, 0.4) is 0 Å². The molecule has 0 aromatic heterocycles. The van der Waals surface area contributed by atoms with E-state index in [2.05, 4.69) is 20.7 Å². The smallest absolute Gasteiger partial charge is 0.343 e. The molecule has 21 heavy (non-hydrogen) atoms. The largest absolute Gasteiger partial charge is 0.465 e. The van der Waals surface area contributed by atoms with E-state index in [9.17, 15) is 9.59 Å². The molecule has 2 aromatic carbocycles. The van der Waals surface area contributed by atoms with Gasteiger partial charge in [-0.15, -0.1) is 0 Å². The van der Waals surface area contributed by atoms with Crippen molar-refractivity contribution in [3.8, 4) is 5.75 Å². The molecule has 2 rings (SSSR count). The molecule has 0 atom stereocenters. The Labute approximate surface area is 130 Å². The third-order valence-electron chi connectivity index (χ3n) is 2.87. The van der Waals surface area contributed by atoms with Gasteiger partial charge >= 0.3 is 11.9 Å². The van der Waals surface area contributed by atoms with Gasteiger partial charge in [-0.05, 0) is 42.8 Å². The summed E-state index contributed by atoms with van der Waals surface area (Å²) < 4.78 is 10.7. The Morgan fingerprint density at radius 1 is 1.00 bits per heavy atom. The van der Waals surface area contributed by atoms with E-state index in [0.29, 0.717) is 16.9 Å². The van der Waals surface area contributed by atoms with E-state index >= 15 is 0 Å². The van der Waals surface area contributed by atoms with E-state index in [4.69, 9.17) is 4.74 Å². The van der Waals surface area contributed by atoms with Gasteiger partial charge in [-0.1, -0.05) is 28.1 Å². The fourth-order valence-corrected chi connectivity index (χ4v) is 2.07. The number of esters is 2. The minimum atomic E-state index is -0.488. The van der Waals surface area contributed by atoms with Crippen LogP contribution in [0.25, 0.3) is 0 Å². The first kappa shape index (κ1) is 15.3. The first-order valence-corrected chi connectivity index (χ1v) is 6.97. The fraction of sp³-hybridized carbons (Fsp3) is 0.125. The molecule has 0 aliphatic carbocycles. The van der Waals surface area contributed by atoms with E-state index in [0.717, 1.165) is 10.0 Å². The number of methoxy groups -OCH3 is 1. The summed E-state index contributed by atoms with van der Waals surface area (Å²) in [4.78, 5) is 23.5. The highest BCUT2D eigenvalue weighted by Gasteiger charge is 2.12. The zero-order chi connectivity index (χ0) is 15.4. The fourth-order valence-electron chi connectivity index (χ4n) is 1.69. The maximum absolute atomic E-state index is 12.1. The Morgan fingerprint density at radius 3 is 2.38 bits per heavy atom. The Kier molecular flexibility index (Phi) is 4.75. The van der Waals surface area contributed by atoms with Gasteiger partial charge in [-0.25, -0.2) is 9.59 Å². The minimum absolute atomic E-state index is 0.291. The number of carbonyl (C=O) groups excluding carboxylic acids is 2. The van der Waals surface area contributed by atoms with Gasteiger partial charge in [-0.3, -0.25) is 0 Å².